The molecule has 126 valence electrons. The van der Waals surface area contributed by atoms with E-state index in [1.807, 2.05) is 6.92 Å². The van der Waals surface area contributed by atoms with E-state index in [0.717, 1.165) is 18.6 Å². The molecule has 0 aromatic rings. The van der Waals surface area contributed by atoms with Gasteiger partial charge < -0.3 is 14.7 Å². The fourth-order valence-corrected chi connectivity index (χ4v) is 4.33. The summed E-state index contributed by atoms with van der Waals surface area (Å²) in [4.78, 5) is 25.6. The van der Waals surface area contributed by atoms with Crippen LogP contribution in [-0.4, -0.2) is 58.2 Å². The number of ether oxygens (including phenoxy) is 1. The minimum atomic E-state index is -0.841. The Labute approximate surface area is 136 Å². The van der Waals surface area contributed by atoms with Gasteiger partial charge in [0, 0.05) is 18.1 Å². The number of hydrogen-bond acceptors (Lipinski definition) is 4. The number of thioether (sulfide) groups is 1. The Balaban J connectivity index is 1.96. The van der Waals surface area contributed by atoms with E-state index in [2.05, 4.69) is 0 Å². The Morgan fingerprint density at radius 1 is 1.32 bits per heavy atom. The molecule has 5 nitrogen and oxygen atoms in total. The molecule has 0 spiro atoms. The normalized spacial score (nSPS) is 25.0. The molecule has 2 rings (SSSR count). The van der Waals surface area contributed by atoms with Crippen molar-refractivity contribution < 1.29 is 19.4 Å². The summed E-state index contributed by atoms with van der Waals surface area (Å²) in [5, 5.41) is 9.04. The maximum atomic E-state index is 12.8. The van der Waals surface area contributed by atoms with E-state index in [-0.39, 0.29) is 24.5 Å². The zero-order chi connectivity index (χ0) is 15.9. The van der Waals surface area contributed by atoms with Crippen LogP contribution in [0.1, 0.15) is 51.9 Å². The number of amides is 1. The van der Waals surface area contributed by atoms with Crippen LogP contribution in [0.15, 0.2) is 0 Å². The van der Waals surface area contributed by atoms with Crippen LogP contribution < -0.4 is 0 Å². The van der Waals surface area contributed by atoms with Crippen LogP contribution in [-0.2, 0) is 14.3 Å². The first-order valence-corrected chi connectivity index (χ1v) is 9.52. The van der Waals surface area contributed by atoms with Crippen LogP contribution in [0.4, 0.5) is 0 Å². The number of carboxylic acids is 1. The molecular weight excluding hydrogens is 302 g/mol. The van der Waals surface area contributed by atoms with E-state index in [4.69, 9.17) is 9.84 Å². The molecule has 2 aliphatic rings. The van der Waals surface area contributed by atoms with Gasteiger partial charge in [-0.05, 0) is 19.3 Å². The number of carboxylic acid groups (broad SMARTS) is 1. The zero-order valence-electron chi connectivity index (χ0n) is 13.3. The largest absolute Gasteiger partial charge is 0.481 e. The smallest absolute Gasteiger partial charge is 0.305 e. The van der Waals surface area contributed by atoms with Gasteiger partial charge >= 0.3 is 5.97 Å². The molecule has 22 heavy (non-hydrogen) atoms. The summed E-state index contributed by atoms with van der Waals surface area (Å²) in [5.41, 5.74) is 0. The maximum Gasteiger partial charge on any atom is 0.305 e. The minimum absolute atomic E-state index is 0.0142. The van der Waals surface area contributed by atoms with E-state index < -0.39 is 12.1 Å². The predicted molar refractivity (Wildman–Crippen MR) is 87.1 cm³/mol. The maximum absolute atomic E-state index is 12.8. The fraction of sp³-hybridized carbons (Fsp3) is 0.875. The van der Waals surface area contributed by atoms with Gasteiger partial charge in [0.1, 0.15) is 6.10 Å². The van der Waals surface area contributed by atoms with Crippen molar-refractivity contribution in [2.45, 2.75) is 70.1 Å². The van der Waals surface area contributed by atoms with E-state index in [1.165, 1.54) is 19.3 Å². The van der Waals surface area contributed by atoms with Gasteiger partial charge in [-0.1, -0.05) is 26.2 Å². The number of nitrogens with zero attached hydrogens (tertiary/aromatic N) is 1. The van der Waals surface area contributed by atoms with Gasteiger partial charge in [-0.15, -0.1) is 0 Å². The van der Waals surface area contributed by atoms with Crippen molar-refractivity contribution >= 4 is 23.6 Å². The summed E-state index contributed by atoms with van der Waals surface area (Å²) in [5.74, 6) is 0.728. The summed E-state index contributed by atoms with van der Waals surface area (Å²) in [6.07, 6.45) is 6.15. The fourth-order valence-electron chi connectivity index (χ4n) is 3.26. The Morgan fingerprint density at radius 3 is 2.68 bits per heavy atom. The van der Waals surface area contributed by atoms with Crippen molar-refractivity contribution in [3.8, 4) is 0 Å². The molecule has 0 aromatic heterocycles. The van der Waals surface area contributed by atoms with Crippen LogP contribution in [0.25, 0.3) is 0 Å². The molecule has 1 N–H and O–H groups in total. The van der Waals surface area contributed by atoms with Crippen molar-refractivity contribution in [2.75, 3.05) is 18.1 Å². The lowest BCUT2D eigenvalue weighted by Gasteiger charge is -2.37. The molecule has 0 radical (unpaired) electrons. The van der Waals surface area contributed by atoms with Crippen molar-refractivity contribution in [2.24, 2.45) is 0 Å². The third-order valence-corrected chi connectivity index (χ3v) is 5.57. The molecular formula is C16H27NO4S. The van der Waals surface area contributed by atoms with E-state index in [0.29, 0.717) is 18.7 Å². The van der Waals surface area contributed by atoms with Crippen molar-refractivity contribution in [3.05, 3.63) is 0 Å². The number of hydrogen-bond donors (Lipinski definition) is 1. The third-order valence-electron chi connectivity index (χ3n) is 4.48. The molecule has 1 heterocycles. The number of carbonyl (C=O) groups is 2. The highest BCUT2D eigenvalue weighted by Gasteiger charge is 2.34. The molecule has 1 saturated heterocycles. The van der Waals surface area contributed by atoms with Gasteiger partial charge in [0.05, 0.1) is 18.6 Å². The lowest BCUT2D eigenvalue weighted by molar-refractivity contribution is -0.152. The van der Waals surface area contributed by atoms with Gasteiger partial charge in [-0.3, -0.25) is 9.59 Å². The van der Waals surface area contributed by atoms with Gasteiger partial charge in [0.2, 0.25) is 0 Å². The molecule has 1 aliphatic heterocycles. The quantitative estimate of drug-likeness (QED) is 0.811. The van der Waals surface area contributed by atoms with E-state index in [9.17, 15) is 9.59 Å². The Bertz CT molecular complexity index is 384. The average Bonchev–Trinajstić information content (AvgIpc) is 2.53. The first kappa shape index (κ1) is 17.6. The van der Waals surface area contributed by atoms with Crippen LogP contribution >= 0.6 is 11.8 Å². The zero-order valence-corrected chi connectivity index (χ0v) is 14.1. The van der Waals surface area contributed by atoms with E-state index in [1.54, 1.807) is 16.7 Å². The second-order valence-electron chi connectivity index (χ2n) is 6.15. The van der Waals surface area contributed by atoms with Crippen LogP contribution in [0.3, 0.4) is 0 Å². The molecule has 6 heteroatoms. The first-order valence-electron chi connectivity index (χ1n) is 8.37. The highest BCUT2D eigenvalue weighted by atomic mass is 32.2. The molecule has 1 amide bonds. The molecule has 0 bridgehead atoms. The van der Waals surface area contributed by atoms with Crippen molar-refractivity contribution in [3.63, 3.8) is 0 Å². The summed E-state index contributed by atoms with van der Waals surface area (Å²) in [6.45, 7) is 2.60. The highest BCUT2D eigenvalue weighted by Crippen LogP contribution is 2.25. The molecule has 2 atom stereocenters. The van der Waals surface area contributed by atoms with Gasteiger partial charge in [0.15, 0.2) is 0 Å². The monoisotopic (exact) mass is 329 g/mol. The summed E-state index contributed by atoms with van der Waals surface area (Å²) < 4.78 is 6.06. The first-order chi connectivity index (χ1) is 10.6. The van der Waals surface area contributed by atoms with Crippen LogP contribution in [0.5, 0.6) is 0 Å². The SMILES string of the molecule is CCC(OC1CCCCC1)C(=O)N1CCSCC1CC(=O)O. The summed E-state index contributed by atoms with van der Waals surface area (Å²) >= 11 is 1.72. The molecule has 2 fully saturated rings. The summed E-state index contributed by atoms with van der Waals surface area (Å²) in [6, 6.07) is -0.201. The lowest BCUT2D eigenvalue weighted by atomic mass is 9.97. The van der Waals surface area contributed by atoms with Gasteiger partial charge in [-0.25, -0.2) is 0 Å². The number of carbonyl (C=O) groups excluding carboxylic acids is 1. The lowest BCUT2D eigenvalue weighted by Crippen LogP contribution is -2.51. The second kappa shape index (κ2) is 8.77. The highest BCUT2D eigenvalue weighted by molar-refractivity contribution is 7.99. The van der Waals surface area contributed by atoms with Crippen molar-refractivity contribution in [1.82, 2.24) is 4.90 Å². The molecule has 0 aromatic carbocycles. The van der Waals surface area contributed by atoms with Crippen LogP contribution in [0, 0.1) is 0 Å². The van der Waals surface area contributed by atoms with Crippen molar-refractivity contribution in [1.29, 1.82) is 0 Å². The van der Waals surface area contributed by atoms with Gasteiger partial charge in [-0.2, -0.15) is 11.8 Å². The van der Waals surface area contributed by atoms with E-state index >= 15 is 0 Å². The standard InChI is InChI=1S/C16H27NO4S/c1-2-14(21-13-6-4-3-5-7-13)16(20)17-8-9-22-11-12(17)10-15(18)19/h12-14H,2-11H2,1H3,(H,18,19). The Hall–Kier alpha value is -0.750. The molecule has 1 aliphatic carbocycles. The predicted octanol–water partition coefficient (Wildman–Crippen LogP) is 2.53. The van der Waals surface area contributed by atoms with Gasteiger partial charge in [0.25, 0.3) is 5.91 Å². The number of aliphatic carboxylic acids is 1. The Kier molecular flexibility index (Phi) is 7.02. The average molecular weight is 329 g/mol. The topological polar surface area (TPSA) is 66.8 Å². The molecule has 2 unspecified atom stereocenters. The minimum Gasteiger partial charge on any atom is -0.481 e. The summed E-state index contributed by atoms with van der Waals surface area (Å²) in [7, 11) is 0. The molecule has 1 saturated carbocycles. The third kappa shape index (κ3) is 4.88. The number of rotatable bonds is 6. The second-order valence-corrected chi connectivity index (χ2v) is 7.30. The van der Waals surface area contributed by atoms with Crippen LogP contribution in [0.2, 0.25) is 0 Å². The Morgan fingerprint density at radius 2 is 2.05 bits per heavy atom.